The maximum atomic E-state index is 13.7. The first kappa shape index (κ1) is 26.5. The zero-order valence-electron chi connectivity index (χ0n) is 22.6. The molecule has 0 radical (unpaired) electrons. The molecule has 208 valence electrons. The van der Waals surface area contributed by atoms with Crippen LogP contribution in [0.1, 0.15) is 21.5 Å². The third kappa shape index (κ3) is 6.05. The molecule has 41 heavy (non-hydrogen) atoms. The molecule has 1 saturated heterocycles. The van der Waals surface area contributed by atoms with E-state index in [1.54, 1.807) is 0 Å². The predicted octanol–water partition coefficient (Wildman–Crippen LogP) is 6.18. The fraction of sp³-hybridized carbons (Fsp3) is 0.188. The van der Waals surface area contributed by atoms with Gasteiger partial charge in [0.1, 0.15) is 11.6 Å². The van der Waals surface area contributed by atoms with Crippen LogP contribution in [0.5, 0.6) is 0 Å². The molecule has 1 fully saturated rings. The summed E-state index contributed by atoms with van der Waals surface area (Å²) in [6.07, 6.45) is 0.335. The van der Waals surface area contributed by atoms with Gasteiger partial charge in [-0.2, -0.15) is 5.10 Å². The van der Waals surface area contributed by atoms with Crippen LogP contribution in [0.3, 0.4) is 0 Å². The van der Waals surface area contributed by atoms with E-state index in [0.29, 0.717) is 34.4 Å². The highest BCUT2D eigenvalue weighted by molar-refractivity contribution is 6.11. The summed E-state index contributed by atoms with van der Waals surface area (Å²) in [5.41, 5.74) is 5.20. The van der Waals surface area contributed by atoms with Gasteiger partial charge in [-0.05, 0) is 79.2 Å². The smallest absolute Gasteiger partial charge is 0.258 e. The Morgan fingerprint density at radius 2 is 1.63 bits per heavy atom. The van der Waals surface area contributed by atoms with Crippen molar-refractivity contribution in [2.24, 2.45) is 0 Å². The molecule has 1 aliphatic heterocycles. The normalized spacial score (nSPS) is 13.9. The number of fused-ring (bicyclic) bond motifs is 1. The maximum absolute atomic E-state index is 13.7. The fourth-order valence-corrected chi connectivity index (χ4v) is 5.16. The number of rotatable bonds is 7. The van der Waals surface area contributed by atoms with Crippen LogP contribution in [0.15, 0.2) is 84.9 Å². The van der Waals surface area contributed by atoms with Crippen LogP contribution >= 0.6 is 0 Å². The first-order chi connectivity index (χ1) is 19.9. The molecule has 9 heteroatoms. The lowest BCUT2D eigenvalue weighted by Gasteiger charge is -2.34. The molecular weight excluding hydrogens is 522 g/mol. The minimum absolute atomic E-state index is 0.306. The van der Waals surface area contributed by atoms with Crippen molar-refractivity contribution in [2.75, 3.05) is 48.8 Å². The summed E-state index contributed by atoms with van der Waals surface area (Å²) in [6.45, 7) is 3.78. The van der Waals surface area contributed by atoms with Crippen molar-refractivity contribution < 1.29 is 13.6 Å². The number of aromatic amines is 1. The van der Waals surface area contributed by atoms with Crippen molar-refractivity contribution in [3.05, 3.63) is 113 Å². The molecule has 1 aliphatic rings. The van der Waals surface area contributed by atoms with Crippen molar-refractivity contribution in [3.8, 4) is 0 Å². The van der Waals surface area contributed by atoms with E-state index in [2.05, 4.69) is 37.7 Å². The van der Waals surface area contributed by atoms with Gasteiger partial charge in [0, 0.05) is 49.0 Å². The summed E-state index contributed by atoms with van der Waals surface area (Å²) >= 11 is 0. The van der Waals surface area contributed by atoms with Crippen molar-refractivity contribution in [1.82, 2.24) is 15.1 Å². The Balaban J connectivity index is 1.28. The number of piperazine rings is 1. The second kappa shape index (κ2) is 11.4. The van der Waals surface area contributed by atoms with E-state index in [4.69, 9.17) is 0 Å². The summed E-state index contributed by atoms with van der Waals surface area (Å²) < 4.78 is 27.4. The number of benzene rings is 4. The van der Waals surface area contributed by atoms with Crippen LogP contribution in [-0.2, 0) is 6.42 Å². The standard InChI is InChI=1S/C32H30F2N6O/c1-39-11-13-40(14-12-39)26-8-9-27(30(20-26)35-25-5-3-2-4-6-25)32(41)36-31-28-18-21(7-10-29(28)37-38-31)15-22-16-23(33)19-24(34)17-22/h2-10,16-20,35H,11-15H2,1H3,(H2,36,37,38,41). The number of aromatic nitrogens is 2. The maximum Gasteiger partial charge on any atom is 0.258 e. The van der Waals surface area contributed by atoms with E-state index in [0.717, 1.165) is 54.7 Å². The lowest BCUT2D eigenvalue weighted by molar-refractivity contribution is 0.102. The molecule has 1 amide bonds. The molecule has 3 N–H and O–H groups in total. The lowest BCUT2D eigenvalue weighted by atomic mass is 10.0. The number of likely N-dealkylation sites (N-methyl/N-ethyl adjacent to an activating group) is 1. The average molecular weight is 553 g/mol. The molecule has 7 nitrogen and oxygen atoms in total. The highest BCUT2D eigenvalue weighted by atomic mass is 19.1. The van der Waals surface area contributed by atoms with Gasteiger partial charge in [-0.25, -0.2) is 8.78 Å². The van der Waals surface area contributed by atoms with Crippen molar-refractivity contribution in [1.29, 1.82) is 0 Å². The Morgan fingerprint density at radius 1 is 0.878 bits per heavy atom. The molecule has 2 heterocycles. The number of amides is 1. The van der Waals surface area contributed by atoms with Gasteiger partial charge in [0.05, 0.1) is 16.8 Å². The minimum Gasteiger partial charge on any atom is -0.369 e. The number of carbonyl (C=O) groups is 1. The van der Waals surface area contributed by atoms with E-state index >= 15 is 0 Å². The molecule has 0 unspecified atom stereocenters. The SMILES string of the molecule is CN1CCN(c2ccc(C(=O)Nc3n[nH]c4ccc(Cc5cc(F)cc(F)c5)cc34)c(Nc3ccccc3)c2)CC1. The minimum atomic E-state index is -0.615. The summed E-state index contributed by atoms with van der Waals surface area (Å²) in [6, 6.07) is 24.7. The first-order valence-electron chi connectivity index (χ1n) is 13.5. The number of H-pyrrole nitrogens is 1. The second-order valence-corrected chi connectivity index (χ2v) is 10.4. The van der Waals surface area contributed by atoms with Gasteiger partial charge in [0.25, 0.3) is 5.91 Å². The van der Waals surface area contributed by atoms with Gasteiger partial charge in [-0.3, -0.25) is 9.89 Å². The van der Waals surface area contributed by atoms with Crippen LogP contribution < -0.4 is 15.5 Å². The van der Waals surface area contributed by atoms with Gasteiger partial charge in [-0.1, -0.05) is 24.3 Å². The van der Waals surface area contributed by atoms with E-state index in [1.807, 2.05) is 66.7 Å². The molecule has 6 rings (SSSR count). The van der Waals surface area contributed by atoms with Gasteiger partial charge in [0.2, 0.25) is 0 Å². The fourth-order valence-electron chi connectivity index (χ4n) is 5.16. The number of para-hydroxylation sites is 1. The first-order valence-corrected chi connectivity index (χ1v) is 13.5. The van der Waals surface area contributed by atoms with Crippen LogP contribution in [0.25, 0.3) is 10.9 Å². The van der Waals surface area contributed by atoms with Gasteiger partial charge in [-0.15, -0.1) is 0 Å². The van der Waals surface area contributed by atoms with E-state index in [1.165, 1.54) is 12.1 Å². The van der Waals surface area contributed by atoms with Crippen LogP contribution in [0, 0.1) is 11.6 Å². The third-order valence-electron chi connectivity index (χ3n) is 7.36. The van der Waals surface area contributed by atoms with E-state index in [9.17, 15) is 13.6 Å². The zero-order valence-corrected chi connectivity index (χ0v) is 22.6. The predicted molar refractivity (Wildman–Crippen MR) is 159 cm³/mol. The molecule has 0 bridgehead atoms. The topological polar surface area (TPSA) is 76.3 Å². The molecule has 0 saturated carbocycles. The molecule has 5 aromatic rings. The number of halogens is 2. The molecule has 4 aromatic carbocycles. The second-order valence-electron chi connectivity index (χ2n) is 10.4. The number of anilines is 4. The average Bonchev–Trinajstić information content (AvgIpc) is 3.35. The third-order valence-corrected chi connectivity index (χ3v) is 7.36. The Morgan fingerprint density at radius 3 is 2.39 bits per heavy atom. The number of nitrogens with one attached hydrogen (secondary N) is 3. The molecular formula is C32H30F2N6O. The Kier molecular flexibility index (Phi) is 7.35. The number of hydrogen-bond donors (Lipinski definition) is 3. The van der Waals surface area contributed by atoms with Gasteiger partial charge >= 0.3 is 0 Å². The van der Waals surface area contributed by atoms with Crippen molar-refractivity contribution >= 4 is 39.7 Å². The summed E-state index contributed by atoms with van der Waals surface area (Å²) in [7, 11) is 2.12. The number of nitrogens with zero attached hydrogens (tertiary/aromatic N) is 3. The monoisotopic (exact) mass is 552 g/mol. The van der Waals surface area contributed by atoms with E-state index < -0.39 is 11.6 Å². The Labute approximate surface area is 236 Å². The van der Waals surface area contributed by atoms with E-state index in [-0.39, 0.29) is 5.91 Å². The van der Waals surface area contributed by atoms with Crippen molar-refractivity contribution in [2.45, 2.75) is 6.42 Å². The lowest BCUT2D eigenvalue weighted by Crippen LogP contribution is -2.44. The summed E-state index contributed by atoms with van der Waals surface area (Å²) in [5, 5.41) is 14.4. The Hall–Kier alpha value is -4.76. The largest absolute Gasteiger partial charge is 0.369 e. The van der Waals surface area contributed by atoms with Crippen LogP contribution in [0.2, 0.25) is 0 Å². The highest BCUT2D eigenvalue weighted by Gasteiger charge is 2.20. The molecule has 0 atom stereocenters. The highest BCUT2D eigenvalue weighted by Crippen LogP contribution is 2.30. The van der Waals surface area contributed by atoms with Gasteiger partial charge < -0.3 is 20.4 Å². The van der Waals surface area contributed by atoms with Gasteiger partial charge in [0.15, 0.2) is 5.82 Å². The Bertz CT molecular complexity index is 1680. The molecule has 0 spiro atoms. The summed E-state index contributed by atoms with van der Waals surface area (Å²) in [4.78, 5) is 18.3. The summed E-state index contributed by atoms with van der Waals surface area (Å²) in [5.74, 6) is -1.16. The zero-order chi connectivity index (χ0) is 28.3. The number of carbonyl (C=O) groups excluding carboxylic acids is 1. The van der Waals surface area contributed by atoms with Crippen LogP contribution in [-0.4, -0.2) is 54.2 Å². The number of hydrogen-bond acceptors (Lipinski definition) is 5. The quantitative estimate of drug-likeness (QED) is 0.225. The van der Waals surface area contributed by atoms with Crippen molar-refractivity contribution in [3.63, 3.8) is 0 Å². The molecule has 0 aliphatic carbocycles. The molecule has 1 aromatic heterocycles. The van der Waals surface area contributed by atoms with Crippen LogP contribution in [0.4, 0.5) is 31.7 Å².